The highest BCUT2D eigenvalue weighted by molar-refractivity contribution is 8.00. The number of nitrogens with zero attached hydrogens (tertiary/aromatic N) is 2. The fourth-order valence-corrected chi connectivity index (χ4v) is 4.12. The van der Waals surface area contributed by atoms with Crippen LogP contribution >= 0.6 is 23.4 Å². The molecule has 0 bridgehead atoms. The first-order valence-corrected chi connectivity index (χ1v) is 10.3. The van der Waals surface area contributed by atoms with Gasteiger partial charge in [0.05, 0.1) is 22.9 Å². The molecule has 0 fully saturated rings. The van der Waals surface area contributed by atoms with Crippen molar-refractivity contribution in [1.82, 2.24) is 9.55 Å². The molecular weight excluding hydrogens is 414 g/mol. The van der Waals surface area contributed by atoms with Crippen molar-refractivity contribution in [2.75, 3.05) is 25.8 Å². The molecule has 4 rings (SSSR count). The molecule has 1 N–H and O–H groups in total. The first-order valence-electron chi connectivity index (χ1n) is 9.07. The SMILES string of the molecule is COCCn1c(S[C@@H](C)C(=O)Nc2ccc3c(c2)OCO3)nc2cc(Cl)ccc21. The van der Waals surface area contributed by atoms with E-state index < -0.39 is 0 Å². The predicted octanol–water partition coefficient (Wildman–Crippen LogP) is 4.18. The Hall–Kier alpha value is -2.42. The molecule has 0 unspecified atom stereocenters. The van der Waals surface area contributed by atoms with Gasteiger partial charge in [-0.15, -0.1) is 0 Å². The lowest BCUT2D eigenvalue weighted by Gasteiger charge is -2.13. The fourth-order valence-electron chi connectivity index (χ4n) is 3.00. The molecule has 0 saturated heterocycles. The number of amides is 1. The number of carbonyl (C=O) groups excluding carboxylic acids is 1. The van der Waals surface area contributed by atoms with Crippen LogP contribution in [0.15, 0.2) is 41.6 Å². The van der Waals surface area contributed by atoms with E-state index >= 15 is 0 Å². The number of methoxy groups -OCH3 is 1. The second-order valence-corrected chi connectivity index (χ2v) is 8.23. The molecule has 1 aliphatic rings. The van der Waals surface area contributed by atoms with E-state index in [2.05, 4.69) is 10.3 Å². The molecule has 1 amide bonds. The second kappa shape index (κ2) is 8.52. The number of hydrogen-bond acceptors (Lipinski definition) is 6. The van der Waals surface area contributed by atoms with Gasteiger partial charge < -0.3 is 24.1 Å². The minimum atomic E-state index is -0.367. The van der Waals surface area contributed by atoms with E-state index in [0.717, 1.165) is 16.2 Å². The Morgan fingerprint density at radius 2 is 2.14 bits per heavy atom. The number of aromatic nitrogens is 2. The van der Waals surface area contributed by atoms with E-state index in [1.165, 1.54) is 11.8 Å². The highest BCUT2D eigenvalue weighted by atomic mass is 35.5. The lowest BCUT2D eigenvalue weighted by molar-refractivity contribution is -0.115. The number of hydrogen-bond donors (Lipinski definition) is 1. The third-order valence-electron chi connectivity index (χ3n) is 4.49. The van der Waals surface area contributed by atoms with E-state index in [0.29, 0.717) is 35.4 Å². The smallest absolute Gasteiger partial charge is 0.237 e. The normalized spacial score (nSPS) is 13.6. The van der Waals surface area contributed by atoms with Crippen molar-refractivity contribution in [3.8, 4) is 11.5 Å². The van der Waals surface area contributed by atoms with Gasteiger partial charge in [-0.2, -0.15) is 0 Å². The van der Waals surface area contributed by atoms with Crippen molar-refractivity contribution >= 4 is 46.0 Å². The number of thioether (sulfide) groups is 1. The van der Waals surface area contributed by atoms with Crippen molar-refractivity contribution in [3.63, 3.8) is 0 Å². The maximum Gasteiger partial charge on any atom is 0.237 e. The summed E-state index contributed by atoms with van der Waals surface area (Å²) in [5, 5.41) is 3.92. The van der Waals surface area contributed by atoms with E-state index in [9.17, 15) is 4.79 Å². The first kappa shape index (κ1) is 19.9. The number of nitrogens with one attached hydrogen (secondary N) is 1. The van der Waals surface area contributed by atoms with Gasteiger partial charge in [0.1, 0.15) is 0 Å². The molecule has 29 heavy (non-hydrogen) atoms. The number of anilines is 1. The first-order chi connectivity index (χ1) is 14.0. The zero-order valence-corrected chi connectivity index (χ0v) is 17.5. The van der Waals surface area contributed by atoms with Gasteiger partial charge in [-0.1, -0.05) is 23.4 Å². The summed E-state index contributed by atoms with van der Waals surface area (Å²) in [6.07, 6.45) is 0. The van der Waals surface area contributed by atoms with Crippen LogP contribution < -0.4 is 14.8 Å². The third-order valence-corrected chi connectivity index (χ3v) is 5.81. The zero-order chi connectivity index (χ0) is 20.4. The minimum Gasteiger partial charge on any atom is -0.454 e. The predicted molar refractivity (Wildman–Crippen MR) is 113 cm³/mol. The van der Waals surface area contributed by atoms with Crippen LogP contribution in [0.4, 0.5) is 5.69 Å². The number of fused-ring (bicyclic) bond motifs is 2. The number of imidazole rings is 1. The highest BCUT2D eigenvalue weighted by Crippen LogP contribution is 2.35. The summed E-state index contributed by atoms with van der Waals surface area (Å²) >= 11 is 7.50. The molecule has 152 valence electrons. The average molecular weight is 434 g/mol. The summed E-state index contributed by atoms with van der Waals surface area (Å²) in [6.45, 7) is 3.22. The molecule has 1 aliphatic heterocycles. The Morgan fingerprint density at radius 1 is 1.31 bits per heavy atom. The van der Waals surface area contributed by atoms with Gasteiger partial charge in [0.25, 0.3) is 0 Å². The molecule has 2 aromatic carbocycles. The highest BCUT2D eigenvalue weighted by Gasteiger charge is 2.21. The molecule has 3 aromatic rings. The van der Waals surface area contributed by atoms with Crippen LogP contribution in [-0.4, -0.2) is 41.2 Å². The van der Waals surface area contributed by atoms with Crippen molar-refractivity contribution < 1.29 is 19.0 Å². The van der Waals surface area contributed by atoms with Gasteiger partial charge in [0, 0.05) is 30.4 Å². The van der Waals surface area contributed by atoms with Gasteiger partial charge in [-0.25, -0.2) is 4.98 Å². The second-order valence-electron chi connectivity index (χ2n) is 6.49. The summed E-state index contributed by atoms with van der Waals surface area (Å²) in [5.41, 5.74) is 2.41. The van der Waals surface area contributed by atoms with Gasteiger partial charge in [-0.3, -0.25) is 4.79 Å². The molecule has 1 atom stereocenters. The number of ether oxygens (including phenoxy) is 3. The van der Waals surface area contributed by atoms with Crippen LogP contribution in [0.3, 0.4) is 0 Å². The number of benzene rings is 2. The van der Waals surface area contributed by atoms with E-state index in [1.807, 2.05) is 29.7 Å². The van der Waals surface area contributed by atoms with Crippen LogP contribution in [0, 0.1) is 0 Å². The Kier molecular flexibility index (Phi) is 5.84. The maximum absolute atomic E-state index is 12.7. The van der Waals surface area contributed by atoms with Gasteiger partial charge in [0.2, 0.25) is 12.7 Å². The summed E-state index contributed by atoms with van der Waals surface area (Å²) in [5.74, 6) is 1.18. The van der Waals surface area contributed by atoms with Crippen LogP contribution in [0.25, 0.3) is 11.0 Å². The Morgan fingerprint density at radius 3 is 2.97 bits per heavy atom. The molecule has 9 heteroatoms. The van der Waals surface area contributed by atoms with E-state index in [-0.39, 0.29) is 18.0 Å². The maximum atomic E-state index is 12.7. The molecular formula is C20H20ClN3O4S. The van der Waals surface area contributed by atoms with Crippen molar-refractivity contribution in [2.45, 2.75) is 23.9 Å². The largest absolute Gasteiger partial charge is 0.454 e. The van der Waals surface area contributed by atoms with Crippen LogP contribution in [0.1, 0.15) is 6.92 Å². The molecule has 1 aromatic heterocycles. The summed E-state index contributed by atoms with van der Waals surface area (Å²) in [6, 6.07) is 10.9. The average Bonchev–Trinajstić information content (AvgIpc) is 3.29. The number of rotatable bonds is 7. The molecule has 0 saturated carbocycles. The van der Waals surface area contributed by atoms with Gasteiger partial charge in [0.15, 0.2) is 16.7 Å². The van der Waals surface area contributed by atoms with E-state index in [4.69, 9.17) is 25.8 Å². The topological polar surface area (TPSA) is 74.6 Å². The molecule has 0 aliphatic carbocycles. The van der Waals surface area contributed by atoms with Crippen LogP contribution in [0.2, 0.25) is 5.02 Å². The standard InChI is InChI=1S/C20H20ClN3O4S/c1-12(19(25)22-14-4-6-17-18(10-14)28-11-27-17)29-20-23-15-9-13(21)3-5-16(15)24(20)7-8-26-2/h3-6,9-10,12H,7-8,11H2,1-2H3,(H,22,25)/t12-/m0/s1. The van der Waals surface area contributed by atoms with E-state index in [1.54, 1.807) is 25.3 Å². The summed E-state index contributed by atoms with van der Waals surface area (Å²) in [7, 11) is 1.66. The summed E-state index contributed by atoms with van der Waals surface area (Å²) in [4.78, 5) is 17.4. The number of carbonyl (C=O) groups is 1. The molecule has 7 nitrogen and oxygen atoms in total. The number of halogens is 1. The quantitative estimate of drug-likeness (QED) is 0.563. The fraction of sp³-hybridized carbons (Fsp3) is 0.300. The van der Waals surface area contributed by atoms with Gasteiger partial charge in [-0.05, 0) is 37.3 Å². The van der Waals surface area contributed by atoms with Crippen molar-refractivity contribution in [1.29, 1.82) is 0 Å². The third kappa shape index (κ3) is 4.29. The van der Waals surface area contributed by atoms with Gasteiger partial charge >= 0.3 is 0 Å². The van der Waals surface area contributed by atoms with Crippen LogP contribution in [-0.2, 0) is 16.1 Å². The minimum absolute atomic E-state index is 0.128. The summed E-state index contributed by atoms with van der Waals surface area (Å²) < 4.78 is 17.9. The lowest BCUT2D eigenvalue weighted by Crippen LogP contribution is -2.23. The zero-order valence-electron chi connectivity index (χ0n) is 16.0. The lowest BCUT2D eigenvalue weighted by atomic mass is 10.2. The molecule has 2 heterocycles. The Labute approximate surface area is 177 Å². The molecule has 0 radical (unpaired) electrons. The van der Waals surface area contributed by atoms with Crippen molar-refractivity contribution in [2.24, 2.45) is 0 Å². The Bertz CT molecular complexity index is 1060. The Balaban J connectivity index is 1.51. The van der Waals surface area contributed by atoms with Crippen LogP contribution in [0.5, 0.6) is 11.5 Å². The van der Waals surface area contributed by atoms with Crippen molar-refractivity contribution in [3.05, 3.63) is 41.4 Å². The monoisotopic (exact) mass is 433 g/mol. The molecule has 0 spiro atoms.